The Kier molecular flexibility index (Phi) is 5.67. The lowest BCUT2D eigenvalue weighted by Crippen LogP contribution is -2.30. The van der Waals surface area contributed by atoms with Crippen LogP contribution in [0.25, 0.3) is 0 Å². The van der Waals surface area contributed by atoms with E-state index < -0.39 is 17.3 Å². The maximum Gasteiger partial charge on any atom is 0.254 e. The van der Waals surface area contributed by atoms with Crippen molar-refractivity contribution in [2.24, 2.45) is 0 Å². The van der Waals surface area contributed by atoms with Crippen LogP contribution in [0, 0.1) is 0 Å². The van der Waals surface area contributed by atoms with E-state index in [0.717, 1.165) is 10.5 Å². The number of aliphatic hydroxyl groups is 1. The number of hydrogen-bond acceptors (Lipinski definition) is 5. The molecular formula is C22H18ClNO4S. The van der Waals surface area contributed by atoms with Gasteiger partial charge in [0.15, 0.2) is 0 Å². The number of methoxy groups -OCH3 is 1. The van der Waals surface area contributed by atoms with Gasteiger partial charge in [0.05, 0.1) is 18.0 Å². The minimum Gasteiger partial charge on any atom is -0.497 e. The van der Waals surface area contributed by atoms with Crippen LogP contribution in [-0.4, -0.2) is 24.2 Å². The fourth-order valence-corrected chi connectivity index (χ4v) is 4.37. The molecular weight excluding hydrogens is 410 g/mol. The lowest BCUT2D eigenvalue weighted by atomic mass is 10.1. The van der Waals surface area contributed by atoms with Gasteiger partial charge in [-0.05, 0) is 60.2 Å². The molecule has 3 aromatic carbocycles. The molecule has 148 valence electrons. The van der Waals surface area contributed by atoms with Crippen molar-refractivity contribution in [2.75, 3.05) is 12.4 Å². The summed E-state index contributed by atoms with van der Waals surface area (Å²) in [6, 6.07) is 19.8. The molecule has 0 spiro atoms. The second kappa shape index (κ2) is 8.37. The molecule has 0 saturated heterocycles. The fourth-order valence-electron chi connectivity index (χ4n) is 2.99. The Labute approximate surface area is 177 Å². The second-order valence-electron chi connectivity index (χ2n) is 6.46. The smallest absolute Gasteiger partial charge is 0.254 e. The Morgan fingerprint density at radius 1 is 0.966 bits per heavy atom. The van der Waals surface area contributed by atoms with Crippen LogP contribution in [0.1, 0.15) is 10.8 Å². The van der Waals surface area contributed by atoms with Crippen LogP contribution in [0.15, 0.2) is 71.6 Å². The van der Waals surface area contributed by atoms with E-state index >= 15 is 0 Å². The summed E-state index contributed by atoms with van der Waals surface area (Å²) >= 11 is 7.33. The summed E-state index contributed by atoms with van der Waals surface area (Å²) in [6.45, 7) is 0. The molecule has 0 aliphatic carbocycles. The molecule has 2 N–H and O–H groups in total. The van der Waals surface area contributed by atoms with Gasteiger partial charge in [0, 0.05) is 9.92 Å². The molecule has 0 fully saturated rings. The van der Waals surface area contributed by atoms with Gasteiger partial charge in [-0.1, -0.05) is 23.7 Å². The van der Waals surface area contributed by atoms with Crippen LogP contribution in [0.3, 0.4) is 0 Å². The highest BCUT2D eigenvalue weighted by molar-refractivity contribution is 7.99. The van der Waals surface area contributed by atoms with E-state index in [0.29, 0.717) is 28.0 Å². The molecule has 1 aliphatic heterocycles. The van der Waals surface area contributed by atoms with Crippen molar-refractivity contribution < 1.29 is 19.4 Å². The van der Waals surface area contributed by atoms with Gasteiger partial charge in [-0.15, -0.1) is 11.8 Å². The number of rotatable bonds is 4. The summed E-state index contributed by atoms with van der Waals surface area (Å²) in [4.78, 5) is 13.3. The molecule has 1 amide bonds. The quantitative estimate of drug-likeness (QED) is 0.592. The molecule has 0 unspecified atom stereocenters. The van der Waals surface area contributed by atoms with E-state index in [2.05, 4.69) is 5.32 Å². The summed E-state index contributed by atoms with van der Waals surface area (Å²) < 4.78 is 11.1. The van der Waals surface area contributed by atoms with Crippen molar-refractivity contribution in [3.63, 3.8) is 0 Å². The summed E-state index contributed by atoms with van der Waals surface area (Å²) in [5, 5.41) is 13.5. The van der Waals surface area contributed by atoms with E-state index in [4.69, 9.17) is 21.1 Å². The zero-order chi connectivity index (χ0) is 20.4. The molecule has 1 heterocycles. The van der Waals surface area contributed by atoms with E-state index in [9.17, 15) is 9.90 Å². The van der Waals surface area contributed by atoms with Crippen molar-refractivity contribution >= 4 is 35.0 Å². The van der Waals surface area contributed by atoms with Gasteiger partial charge in [0.2, 0.25) is 0 Å². The third-order valence-corrected chi connectivity index (χ3v) is 6.14. The summed E-state index contributed by atoms with van der Waals surface area (Å²) in [7, 11) is 1.59. The molecule has 0 radical (unpaired) electrons. The summed E-state index contributed by atoms with van der Waals surface area (Å²) in [5.41, 5.74) is 1.47. The zero-order valence-electron chi connectivity index (χ0n) is 15.5. The van der Waals surface area contributed by atoms with Crippen molar-refractivity contribution in [1.82, 2.24) is 0 Å². The number of hydrogen-bond donors (Lipinski definition) is 2. The number of halogens is 1. The summed E-state index contributed by atoms with van der Waals surface area (Å²) in [5.74, 6) is 1.55. The molecule has 1 aliphatic rings. The van der Waals surface area contributed by atoms with Crippen LogP contribution in [-0.2, 0) is 4.79 Å². The first-order valence-electron chi connectivity index (χ1n) is 8.90. The normalized spacial score (nSPS) is 18.4. The molecule has 7 heteroatoms. The highest BCUT2D eigenvalue weighted by atomic mass is 35.5. The number of ether oxygens (including phenoxy) is 2. The molecule has 0 bridgehead atoms. The molecule has 29 heavy (non-hydrogen) atoms. The van der Waals surface area contributed by atoms with Gasteiger partial charge in [0.25, 0.3) is 5.91 Å². The van der Waals surface area contributed by atoms with E-state index in [1.807, 2.05) is 30.3 Å². The predicted molar refractivity (Wildman–Crippen MR) is 114 cm³/mol. The van der Waals surface area contributed by atoms with Gasteiger partial charge < -0.3 is 19.9 Å². The molecule has 3 aromatic rings. The first-order chi connectivity index (χ1) is 14.0. The van der Waals surface area contributed by atoms with Crippen LogP contribution >= 0.6 is 23.4 Å². The van der Waals surface area contributed by atoms with Crippen molar-refractivity contribution in [2.45, 2.75) is 16.2 Å². The van der Waals surface area contributed by atoms with Gasteiger partial charge in [0.1, 0.15) is 23.4 Å². The van der Waals surface area contributed by atoms with Gasteiger partial charge in [-0.2, -0.15) is 0 Å². The first-order valence-corrected chi connectivity index (χ1v) is 10.2. The number of carbonyl (C=O) groups is 1. The van der Waals surface area contributed by atoms with Gasteiger partial charge >= 0.3 is 0 Å². The topological polar surface area (TPSA) is 67.8 Å². The Hall–Kier alpha value is -2.67. The van der Waals surface area contributed by atoms with Crippen LogP contribution in [0.5, 0.6) is 17.2 Å². The highest BCUT2D eigenvalue weighted by Gasteiger charge is 2.33. The van der Waals surface area contributed by atoms with Crippen LogP contribution < -0.4 is 14.8 Å². The fraction of sp³-hybridized carbons (Fsp3) is 0.136. The van der Waals surface area contributed by atoms with E-state index in [1.54, 1.807) is 43.5 Å². The maximum absolute atomic E-state index is 12.4. The van der Waals surface area contributed by atoms with Crippen LogP contribution in [0.2, 0.25) is 5.02 Å². The SMILES string of the molecule is COc1ccc([C@H]2Sc3cc(Oc4ccc(Cl)cc4)ccc3NC(=O)[C@H]2O)cc1. The lowest BCUT2D eigenvalue weighted by molar-refractivity contribution is -0.124. The number of fused-ring (bicyclic) bond motifs is 1. The number of thioether (sulfide) groups is 1. The minimum atomic E-state index is -1.19. The number of anilines is 1. The molecule has 0 aromatic heterocycles. The molecule has 2 atom stereocenters. The molecule has 4 rings (SSSR count). The zero-order valence-corrected chi connectivity index (χ0v) is 17.0. The lowest BCUT2D eigenvalue weighted by Gasteiger charge is -2.19. The maximum atomic E-state index is 12.4. The number of nitrogens with one attached hydrogen (secondary N) is 1. The average Bonchev–Trinajstić information content (AvgIpc) is 2.86. The second-order valence-corrected chi connectivity index (χ2v) is 8.08. The van der Waals surface area contributed by atoms with Gasteiger partial charge in [-0.3, -0.25) is 4.79 Å². The molecule has 0 saturated carbocycles. The van der Waals surface area contributed by atoms with E-state index in [-0.39, 0.29) is 0 Å². The van der Waals surface area contributed by atoms with Gasteiger partial charge in [-0.25, -0.2) is 0 Å². The van der Waals surface area contributed by atoms with E-state index in [1.165, 1.54) is 11.8 Å². The van der Waals surface area contributed by atoms with Crippen molar-refractivity contribution in [1.29, 1.82) is 0 Å². The third kappa shape index (κ3) is 4.34. The predicted octanol–water partition coefficient (Wildman–Crippen LogP) is 5.29. The summed E-state index contributed by atoms with van der Waals surface area (Å²) in [6.07, 6.45) is -1.19. The average molecular weight is 428 g/mol. The minimum absolute atomic E-state index is 0.441. The largest absolute Gasteiger partial charge is 0.497 e. The highest BCUT2D eigenvalue weighted by Crippen LogP contribution is 2.45. The standard InChI is InChI=1S/C22H18ClNO4S/c1-27-15-6-2-13(3-7-15)21-20(25)22(26)24-18-11-10-17(12-19(18)29-21)28-16-8-4-14(23)5-9-16/h2-12,20-21,25H,1H3,(H,24,26)/t20-,21+/m0/s1. The van der Waals surface area contributed by atoms with Crippen molar-refractivity contribution in [3.05, 3.63) is 77.3 Å². The Morgan fingerprint density at radius 2 is 1.62 bits per heavy atom. The number of carbonyl (C=O) groups excluding carboxylic acids is 1. The van der Waals surface area contributed by atoms with Crippen molar-refractivity contribution in [3.8, 4) is 17.2 Å². The number of amides is 1. The number of benzene rings is 3. The third-order valence-electron chi connectivity index (χ3n) is 4.51. The Morgan fingerprint density at radius 3 is 2.31 bits per heavy atom. The molecule has 5 nitrogen and oxygen atoms in total. The Balaban J connectivity index is 1.64. The first kappa shape index (κ1) is 19.6. The number of aliphatic hydroxyl groups excluding tert-OH is 1. The Bertz CT molecular complexity index is 1020. The monoisotopic (exact) mass is 427 g/mol. The van der Waals surface area contributed by atoms with Crippen LogP contribution in [0.4, 0.5) is 5.69 Å².